The minimum Gasteiger partial charge on any atom is -0.497 e. The van der Waals surface area contributed by atoms with Gasteiger partial charge in [-0.3, -0.25) is 9.78 Å². The van der Waals surface area contributed by atoms with E-state index in [1.165, 1.54) is 18.6 Å². The fourth-order valence-electron chi connectivity index (χ4n) is 3.79. The largest absolute Gasteiger partial charge is 0.497 e. The average Bonchev–Trinajstić information content (AvgIpc) is 3.44. The van der Waals surface area contributed by atoms with E-state index in [0.717, 1.165) is 22.2 Å². The molecule has 0 aliphatic rings. The maximum absolute atomic E-state index is 13.5. The van der Waals surface area contributed by atoms with E-state index in [0.29, 0.717) is 28.6 Å². The third-order valence-corrected chi connectivity index (χ3v) is 5.67. The highest BCUT2D eigenvalue weighted by Gasteiger charge is 2.26. The quantitative estimate of drug-likeness (QED) is 0.338. The summed E-state index contributed by atoms with van der Waals surface area (Å²) in [5.74, 6) is 0.285. The first-order valence-corrected chi connectivity index (χ1v) is 10.5. The Kier molecular flexibility index (Phi) is 5.35. The molecule has 0 atom stereocenters. The van der Waals surface area contributed by atoms with E-state index < -0.39 is 0 Å². The van der Waals surface area contributed by atoms with Crippen LogP contribution in [0.3, 0.4) is 0 Å². The maximum Gasteiger partial charge on any atom is 0.289 e. The number of benzene rings is 2. The van der Waals surface area contributed by atoms with Gasteiger partial charge in [-0.2, -0.15) is 0 Å². The maximum atomic E-state index is 13.5. The predicted octanol–water partition coefficient (Wildman–Crippen LogP) is 4.73. The Labute approximate surface area is 193 Å². The Morgan fingerprint density at radius 2 is 1.94 bits per heavy atom. The molecule has 0 amide bonds. The zero-order valence-corrected chi connectivity index (χ0v) is 18.6. The second kappa shape index (κ2) is 8.48. The zero-order chi connectivity index (χ0) is 22.9. The van der Waals surface area contributed by atoms with Crippen LogP contribution in [0.4, 0.5) is 0 Å². The number of rotatable bonds is 6. The molecule has 0 aliphatic heterocycles. The number of fused-ring (bicyclic) bond motifs is 1. The van der Waals surface area contributed by atoms with Crippen LogP contribution >= 0.6 is 11.6 Å². The minimum absolute atomic E-state index is 0.118. The lowest BCUT2D eigenvalue weighted by Gasteiger charge is -2.09. The molecule has 5 aromatic rings. The van der Waals surface area contributed by atoms with Crippen molar-refractivity contribution in [1.29, 1.82) is 0 Å². The van der Waals surface area contributed by atoms with Crippen LogP contribution in [0.5, 0.6) is 5.75 Å². The van der Waals surface area contributed by atoms with Gasteiger partial charge in [0.1, 0.15) is 11.4 Å². The van der Waals surface area contributed by atoms with E-state index in [9.17, 15) is 4.79 Å². The van der Waals surface area contributed by atoms with Gasteiger partial charge >= 0.3 is 0 Å². The minimum atomic E-state index is -0.372. The molecule has 0 unspecified atom stereocenters. The summed E-state index contributed by atoms with van der Waals surface area (Å²) in [6, 6.07) is 13.3. The van der Waals surface area contributed by atoms with Gasteiger partial charge in [-0.05, 0) is 42.8 Å². The van der Waals surface area contributed by atoms with Crippen molar-refractivity contribution in [2.45, 2.75) is 13.5 Å². The van der Waals surface area contributed by atoms with Crippen LogP contribution in [0.25, 0.3) is 22.5 Å². The number of aromatic nitrogens is 5. The lowest BCUT2D eigenvalue weighted by Crippen LogP contribution is -2.06. The molecule has 2 aromatic carbocycles. The molecule has 8 nitrogen and oxygen atoms in total. The Morgan fingerprint density at radius 3 is 2.67 bits per heavy atom. The Morgan fingerprint density at radius 1 is 1.12 bits per heavy atom. The number of hydrogen-bond donors (Lipinski definition) is 0. The van der Waals surface area contributed by atoms with E-state index in [4.69, 9.17) is 20.8 Å². The van der Waals surface area contributed by atoms with Crippen molar-refractivity contribution in [1.82, 2.24) is 24.7 Å². The second-order valence-electron chi connectivity index (χ2n) is 7.39. The summed E-state index contributed by atoms with van der Waals surface area (Å²) in [7, 11) is 1.59. The molecule has 0 aliphatic carbocycles. The van der Waals surface area contributed by atoms with Crippen LogP contribution in [-0.4, -0.2) is 37.6 Å². The van der Waals surface area contributed by atoms with Gasteiger partial charge in [0.25, 0.3) is 17.6 Å². The molecule has 3 aromatic heterocycles. The normalized spacial score (nSPS) is 11.1. The van der Waals surface area contributed by atoms with Gasteiger partial charge in [0, 0.05) is 40.6 Å². The Bertz CT molecular complexity index is 1460. The molecule has 33 heavy (non-hydrogen) atoms. The Hall–Kier alpha value is -4.04. The summed E-state index contributed by atoms with van der Waals surface area (Å²) in [4.78, 5) is 21.7. The molecule has 5 rings (SSSR count). The molecular weight excluding hydrogens is 442 g/mol. The second-order valence-corrected chi connectivity index (χ2v) is 7.82. The first-order valence-electron chi connectivity index (χ1n) is 10.1. The van der Waals surface area contributed by atoms with Gasteiger partial charge in [0.05, 0.1) is 18.9 Å². The van der Waals surface area contributed by atoms with Crippen molar-refractivity contribution < 1.29 is 13.9 Å². The molecule has 0 saturated heterocycles. The van der Waals surface area contributed by atoms with Gasteiger partial charge in [0.15, 0.2) is 0 Å². The Balaban J connectivity index is 1.61. The zero-order valence-electron chi connectivity index (χ0n) is 17.8. The van der Waals surface area contributed by atoms with Gasteiger partial charge < -0.3 is 13.7 Å². The highest BCUT2D eigenvalue weighted by Crippen LogP contribution is 2.32. The predicted molar refractivity (Wildman–Crippen MR) is 123 cm³/mol. The van der Waals surface area contributed by atoms with E-state index in [2.05, 4.69) is 24.7 Å². The highest BCUT2D eigenvalue weighted by molar-refractivity contribution is 6.30. The SMILES string of the molecule is COc1ccc2c(c1)c(C(=O)c1nnc(-c3cnccn3)o1)c(C)n2Cc1ccc(Cl)cc1. The molecular formula is C24H18ClN5O3. The number of nitrogens with zero attached hydrogens (tertiary/aromatic N) is 5. The standard InChI is InChI=1S/C24H18ClN5O3/c1-14-21(22(31)24-29-28-23(33-24)19-12-26-9-10-27-19)18-11-17(32-2)7-8-20(18)30(14)13-15-3-5-16(25)6-4-15/h3-12H,13H2,1-2H3. The van der Waals surface area contributed by atoms with Crippen LogP contribution in [-0.2, 0) is 6.54 Å². The summed E-state index contributed by atoms with van der Waals surface area (Å²) in [5.41, 5.74) is 3.59. The summed E-state index contributed by atoms with van der Waals surface area (Å²) in [6.07, 6.45) is 4.55. The highest BCUT2D eigenvalue weighted by atomic mass is 35.5. The number of carbonyl (C=O) groups is 1. The van der Waals surface area contributed by atoms with Gasteiger partial charge in [-0.1, -0.05) is 23.7 Å². The number of hydrogen-bond acceptors (Lipinski definition) is 7. The van der Waals surface area contributed by atoms with Crippen LogP contribution in [0, 0.1) is 6.92 Å². The van der Waals surface area contributed by atoms with E-state index in [-0.39, 0.29) is 17.6 Å². The summed E-state index contributed by atoms with van der Waals surface area (Å²) >= 11 is 6.04. The number of halogens is 1. The van der Waals surface area contributed by atoms with Crippen molar-refractivity contribution in [2.75, 3.05) is 7.11 Å². The number of ketones is 1. The van der Waals surface area contributed by atoms with Crippen LogP contribution in [0.15, 0.2) is 65.5 Å². The average molecular weight is 460 g/mol. The molecule has 0 saturated carbocycles. The third kappa shape index (κ3) is 3.85. The lowest BCUT2D eigenvalue weighted by atomic mass is 10.1. The fourth-order valence-corrected chi connectivity index (χ4v) is 3.91. The van der Waals surface area contributed by atoms with Crippen molar-refractivity contribution in [3.8, 4) is 17.3 Å². The van der Waals surface area contributed by atoms with Crippen LogP contribution in [0.1, 0.15) is 27.5 Å². The van der Waals surface area contributed by atoms with Crippen molar-refractivity contribution >= 4 is 28.3 Å². The number of methoxy groups -OCH3 is 1. The van der Waals surface area contributed by atoms with Crippen LogP contribution < -0.4 is 4.74 Å². The molecule has 164 valence electrons. The van der Waals surface area contributed by atoms with Crippen molar-refractivity contribution in [2.24, 2.45) is 0 Å². The molecule has 9 heteroatoms. The van der Waals surface area contributed by atoms with Crippen molar-refractivity contribution in [3.63, 3.8) is 0 Å². The van der Waals surface area contributed by atoms with Gasteiger partial charge in [-0.25, -0.2) is 4.98 Å². The number of carbonyl (C=O) groups excluding carboxylic acids is 1. The monoisotopic (exact) mass is 459 g/mol. The van der Waals surface area contributed by atoms with Crippen LogP contribution in [0.2, 0.25) is 5.02 Å². The summed E-state index contributed by atoms with van der Waals surface area (Å²) in [6.45, 7) is 2.46. The topological polar surface area (TPSA) is 95.9 Å². The smallest absolute Gasteiger partial charge is 0.289 e. The molecule has 0 fully saturated rings. The van der Waals surface area contributed by atoms with E-state index >= 15 is 0 Å². The molecule has 0 spiro atoms. The van der Waals surface area contributed by atoms with Crippen molar-refractivity contribution in [3.05, 3.63) is 88.8 Å². The van der Waals surface area contributed by atoms with E-state index in [1.807, 2.05) is 49.4 Å². The molecule has 3 heterocycles. The molecule has 0 N–H and O–H groups in total. The molecule has 0 bridgehead atoms. The van der Waals surface area contributed by atoms with E-state index in [1.54, 1.807) is 7.11 Å². The third-order valence-electron chi connectivity index (χ3n) is 5.41. The first-order chi connectivity index (χ1) is 16.0. The number of ether oxygens (including phenoxy) is 1. The lowest BCUT2D eigenvalue weighted by molar-refractivity contribution is 0.100. The first kappa shape index (κ1) is 20.8. The summed E-state index contributed by atoms with van der Waals surface area (Å²) < 4.78 is 13.1. The van der Waals surface area contributed by atoms with Gasteiger partial charge in [-0.15, -0.1) is 10.2 Å². The van der Waals surface area contributed by atoms with Gasteiger partial charge in [0.2, 0.25) is 0 Å². The summed E-state index contributed by atoms with van der Waals surface area (Å²) in [5, 5.41) is 9.36. The molecule has 0 radical (unpaired) electrons. The fraction of sp³-hybridized carbons (Fsp3) is 0.125.